The Morgan fingerprint density at radius 3 is 2.54 bits per heavy atom. The second kappa shape index (κ2) is 5.24. The molecule has 4 nitrogen and oxygen atoms in total. The van der Waals surface area contributed by atoms with Gasteiger partial charge in [-0.05, 0) is 31.9 Å². The van der Waals surface area contributed by atoms with E-state index in [-0.39, 0.29) is 11.4 Å². The van der Waals surface area contributed by atoms with Crippen molar-refractivity contribution in [1.29, 1.82) is 5.41 Å². The zero-order valence-electron chi connectivity index (χ0n) is 8.12. The Morgan fingerprint density at radius 1 is 1.62 bits per heavy atom. The van der Waals surface area contributed by atoms with E-state index in [4.69, 9.17) is 5.41 Å². The Labute approximate surface area is 81.3 Å². The third kappa shape index (κ3) is 5.65. The third-order valence-electron chi connectivity index (χ3n) is 1.31. The van der Waals surface area contributed by atoms with Crippen molar-refractivity contribution in [3.8, 4) is 0 Å². The predicted molar refractivity (Wildman–Crippen MR) is 52.5 cm³/mol. The molecule has 1 atom stereocenters. The Balaban J connectivity index is 3.65. The van der Waals surface area contributed by atoms with E-state index in [1.165, 1.54) is 0 Å². The fourth-order valence-electron chi connectivity index (χ4n) is 0.566. The molecule has 0 saturated heterocycles. The minimum absolute atomic E-state index is 0.109. The quantitative estimate of drug-likeness (QED) is 0.417. The van der Waals surface area contributed by atoms with Gasteiger partial charge in [0.1, 0.15) is 23.3 Å². The van der Waals surface area contributed by atoms with Crippen LogP contribution in [0.5, 0.6) is 0 Å². The molecule has 0 saturated carbocycles. The zero-order valence-corrected chi connectivity index (χ0v) is 8.94. The SMILES string of the molecule is CC(C)(C)[S@+]([O-])CCOC(=O)C=N. The molecule has 0 aromatic carbocycles. The standard InChI is InChI=1S/C8H15NO3S/c1-8(2,3)13(11)5-4-12-7(10)6-9/h6,9H,4-5H2,1-3H3/t13-/m1/s1. The normalized spacial score (nSPS) is 13.5. The summed E-state index contributed by atoms with van der Waals surface area (Å²) in [7, 11) is 0. The van der Waals surface area contributed by atoms with Gasteiger partial charge in [-0.15, -0.1) is 0 Å². The molecule has 1 N–H and O–H groups in total. The minimum atomic E-state index is -1.01. The number of hydrogen-bond donors (Lipinski definition) is 1. The molecule has 0 rings (SSSR count). The van der Waals surface area contributed by atoms with Crippen molar-refractivity contribution in [2.75, 3.05) is 12.4 Å². The molecule has 0 bridgehead atoms. The molecule has 0 fully saturated rings. The molecule has 76 valence electrons. The van der Waals surface area contributed by atoms with Gasteiger partial charge in [0.25, 0.3) is 0 Å². The highest BCUT2D eigenvalue weighted by Crippen LogP contribution is 2.15. The van der Waals surface area contributed by atoms with Crippen molar-refractivity contribution in [3.05, 3.63) is 0 Å². The van der Waals surface area contributed by atoms with Crippen LogP contribution in [0.25, 0.3) is 0 Å². The van der Waals surface area contributed by atoms with E-state index in [9.17, 15) is 9.35 Å². The van der Waals surface area contributed by atoms with Crippen LogP contribution in [0.4, 0.5) is 0 Å². The summed E-state index contributed by atoms with van der Waals surface area (Å²) in [5, 5.41) is 6.54. The van der Waals surface area contributed by atoms with Crippen LogP contribution in [0.1, 0.15) is 20.8 Å². The molecule has 0 amide bonds. The average Bonchev–Trinajstić information content (AvgIpc) is 2.02. The van der Waals surface area contributed by atoms with Gasteiger partial charge in [0.15, 0.2) is 0 Å². The summed E-state index contributed by atoms with van der Waals surface area (Å²) in [6, 6.07) is 0. The molecular formula is C8H15NO3S. The molecular weight excluding hydrogens is 190 g/mol. The first-order chi connectivity index (χ1) is 5.88. The molecule has 0 heterocycles. The zero-order chi connectivity index (χ0) is 10.5. The van der Waals surface area contributed by atoms with Crippen LogP contribution in [0.15, 0.2) is 0 Å². The van der Waals surface area contributed by atoms with Crippen molar-refractivity contribution in [1.82, 2.24) is 0 Å². The fourth-order valence-corrected chi connectivity index (χ4v) is 1.41. The topological polar surface area (TPSA) is 73.2 Å². The van der Waals surface area contributed by atoms with E-state index in [2.05, 4.69) is 4.74 Å². The second-order valence-electron chi connectivity index (χ2n) is 3.47. The Bertz CT molecular complexity index is 188. The van der Waals surface area contributed by atoms with Crippen LogP contribution in [0, 0.1) is 5.41 Å². The smallest absolute Gasteiger partial charge is 0.348 e. The fraction of sp³-hybridized carbons (Fsp3) is 0.750. The van der Waals surface area contributed by atoms with Gasteiger partial charge in [-0.3, -0.25) is 0 Å². The van der Waals surface area contributed by atoms with Gasteiger partial charge in [-0.2, -0.15) is 0 Å². The monoisotopic (exact) mass is 205 g/mol. The Hall–Kier alpha value is -0.550. The van der Waals surface area contributed by atoms with E-state index in [0.29, 0.717) is 12.0 Å². The summed E-state index contributed by atoms with van der Waals surface area (Å²) in [6.07, 6.45) is 0.597. The second-order valence-corrected chi connectivity index (χ2v) is 5.80. The van der Waals surface area contributed by atoms with Gasteiger partial charge in [0, 0.05) is 0 Å². The van der Waals surface area contributed by atoms with Crippen molar-refractivity contribution in [2.24, 2.45) is 0 Å². The lowest BCUT2D eigenvalue weighted by Gasteiger charge is -2.23. The number of carbonyl (C=O) groups excluding carboxylic acids is 1. The predicted octanol–water partition coefficient (Wildman–Crippen LogP) is 0.726. The Morgan fingerprint density at radius 2 is 2.15 bits per heavy atom. The van der Waals surface area contributed by atoms with Crippen LogP contribution >= 0.6 is 0 Å². The number of hydrogen-bond acceptors (Lipinski definition) is 4. The van der Waals surface area contributed by atoms with Crippen LogP contribution in [-0.4, -0.2) is 33.8 Å². The first-order valence-corrected chi connectivity index (χ1v) is 5.25. The molecule has 0 aromatic heterocycles. The van der Waals surface area contributed by atoms with Gasteiger partial charge in [-0.1, -0.05) is 0 Å². The van der Waals surface area contributed by atoms with Crippen molar-refractivity contribution in [2.45, 2.75) is 25.5 Å². The first kappa shape index (κ1) is 12.4. The number of esters is 1. The number of rotatable bonds is 4. The number of carbonyl (C=O) groups is 1. The number of nitrogens with one attached hydrogen (secondary N) is 1. The third-order valence-corrected chi connectivity index (χ3v) is 3.22. The van der Waals surface area contributed by atoms with Crippen molar-refractivity contribution < 1.29 is 14.1 Å². The molecule has 0 radical (unpaired) electrons. The summed E-state index contributed by atoms with van der Waals surface area (Å²) >= 11 is -1.01. The summed E-state index contributed by atoms with van der Waals surface area (Å²) < 4.78 is 15.7. The van der Waals surface area contributed by atoms with Gasteiger partial charge in [-0.25, -0.2) is 4.79 Å². The van der Waals surface area contributed by atoms with Crippen molar-refractivity contribution in [3.63, 3.8) is 0 Å². The molecule has 13 heavy (non-hydrogen) atoms. The van der Waals surface area contributed by atoms with E-state index in [1.54, 1.807) is 0 Å². The molecule has 0 aliphatic heterocycles. The maximum Gasteiger partial charge on any atom is 0.348 e. The van der Waals surface area contributed by atoms with Crippen molar-refractivity contribution >= 4 is 23.4 Å². The molecule has 0 aliphatic carbocycles. The molecule has 5 heteroatoms. The van der Waals surface area contributed by atoms with Gasteiger partial charge < -0.3 is 14.7 Å². The number of ether oxygens (including phenoxy) is 1. The highest BCUT2D eigenvalue weighted by atomic mass is 32.2. The van der Waals surface area contributed by atoms with Gasteiger partial charge in [0.2, 0.25) is 0 Å². The largest absolute Gasteiger partial charge is 0.616 e. The van der Waals surface area contributed by atoms with Crippen LogP contribution in [-0.2, 0) is 20.7 Å². The average molecular weight is 205 g/mol. The van der Waals surface area contributed by atoms with E-state index < -0.39 is 17.1 Å². The summed E-state index contributed by atoms with van der Waals surface area (Å²) in [5.74, 6) is -0.366. The van der Waals surface area contributed by atoms with E-state index in [0.717, 1.165) is 0 Å². The van der Waals surface area contributed by atoms with Crippen LogP contribution < -0.4 is 0 Å². The van der Waals surface area contributed by atoms with E-state index in [1.807, 2.05) is 20.8 Å². The van der Waals surface area contributed by atoms with Gasteiger partial charge >= 0.3 is 5.97 Å². The van der Waals surface area contributed by atoms with Crippen LogP contribution in [0.2, 0.25) is 0 Å². The first-order valence-electron chi connectivity index (χ1n) is 3.93. The summed E-state index contributed by atoms with van der Waals surface area (Å²) in [6.45, 7) is 5.70. The van der Waals surface area contributed by atoms with Gasteiger partial charge in [0.05, 0.1) is 0 Å². The highest BCUT2D eigenvalue weighted by molar-refractivity contribution is 7.92. The maximum atomic E-state index is 11.4. The molecule has 0 unspecified atom stereocenters. The lowest BCUT2D eigenvalue weighted by molar-refractivity contribution is -0.134. The maximum absolute atomic E-state index is 11.4. The highest BCUT2D eigenvalue weighted by Gasteiger charge is 2.25. The molecule has 0 spiro atoms. The molecule has 0 aromatic rings. The summed E-state index contributed by atoms with van der Waals surface area (Å²) in [4.78, 5) is 10.5. The van der Waals surface area contributed by atoms with Crippen LogP contribution in [0.3, 0.4) is 0 Å². The Kier molecular flexibility index (Phi) is 5.02. The van der Waals surface area contributed by atoms with E-state index >= 15 is 0 Å². The minimum Gasteiger partial charge on any atom is -0.616 e. The molecule has 0 aliphatic rings. The summed E-state index contributed by atoms with van der Waals surface area (Å²) in [5.41, 5.74) is 0. The lowest BCUT2D eigenvalue weighted by atomic mass is 10.3. The lowest BCUT2D eigenvalue weighted by Crippen LogP contribution is -2.32.